The Morgan fingerprint density at radius 3 is 2.61 bits per heavy atom. The first kappa shape index (κ1) is 28.6. The van der Waals surface area contributed by atoms with Crippen molar-refractivity contribution < 1.29 is 23.3 Å². The minimum absolute atomic E-state index is 0.167. The van der Waals surface area contributed by atoms with Crippen molar-refractivity contribution in [3.8, 4) is 11.5 Å². The average molecular weight is 548 g/mol. The lowest BCUT2D eigenvalue weighted by molar-refractivity contribution is -0.0541. The molecule has 0 radical (unpaired) electrons. The first-order valence-corrected chi connectivity index (χ1v) is 14.1. The zero-order chi connectivity index (χ0) is 27.4. The van der Waals surface area contributed by atoms with Crippen LogP contribution in [0.1, 0.15) is 53.7 Å². The zero-order valence-corrected chi connectivity index (χ0v) is 23.7. The predicted octanol–water partition coefficient (Wildman–Crippen LogP) is 5.20. The van der Waals surface area contributed by atoms with Crippen molar-refractivity contribution in [2.75, 3.05) is 19.0 Å². The maximum atomic E-state index is 13.2. The molecule has 5 atom stereocenters. The van der Waals surface area contributed by atoms with Gasteiger partial charge in [0.2, 0.25) is 0 Å². The highest BCUT2D eigenvalue weighted by molar-refractivity contribution is 7.44. The van der Waals surface area contributed by atoms with E-state index < -0.39 is 32.7 Å². The van der Waals surface area contributed by atoms with E-state index in [2.05, 4.69) is 42.7 Å². The molecule has 0 spiro atoms. The van der Waals surface area contributed by atoms with Crippen LogP contribution in [-0.4, -0.2) is 64.5 Å². The first-order valence-electron chi connectivity index (χ1n) is 13.0. The molecule has 2 aliphatic rings. The predicted molar refractivity (Wildman–Crippen MR) is 147 cm³/mol. The van der Waals surface area contributed by atoms with Crippen molar-refractivity contribution in [3.63, 3.8) is 0 Å². The highest BCUT2D eigenvalue weighted by atomic mass is 31.2. The van der Waals surface area contributed by atoms with Gasteiger partial charge in [0.15, 0.2) is 23.5 Å². The lowest BCUT2D eigenvalue weighted by Crippen LogP contribution is -2.40. The van der Waals surface area contributed by atoms with Crippen molar-refractivity contribution in [2.24, 2.45) is 0 Å². The van der Waals surface area contributed by atoms with Gasteiger partial charge in [0.05, 0.1) is 24.6 Å². The Kier molecular flexibility index (Phi) is 9.51. The molecular weight excluding hydrogens is 509 g/mol. The molecule has 11 nitrogen and oxygen atoms in total. The Bertz CT molecular complexity index is 1150. The number of rotatable bonds is 12. The van der Waals surface area contributed by atoms with E-state index >= 15 is 0 Å². The number of nitrogens with one attached hydrogen (secondary N) is 2. The van der Waals surface area contributed by atoms with Gasteiger partial charge in [0.1, 0.15) is 12.2 Å². The number of fused-ring (bicyclic) bond motifs is 2. The van der Waals surface area contributed by atoms with Gasteiger partial charge >= 0.3 is 5.69 Å². The number of hydrogen-bond acceptors (Lipinski definition) is 10. The topological polar surface area (TPSA) is 120 Å². The number of nitrogens with zero attached hydrogens (tertiary/aromatic N) is 3. The van der Waals surface area contributed by atoms with E-state index in [-0.39, 0.29) is 18.2 Å². The van der Waals surface area contributed by atoms with Crippen LogP contribution >= 0.6 is 8.53 Å². The third kappa shape index (κ3) is 5.93. The summed E-state index contributed by atoms with van der Waals surface area (Å²) in [4.78, 5) is 17.4. The van der Waals surface area contributed by atoms with Crippen LogP contribution in [0.4, 0.5) is 11.5 Å². The van der Waals surface area contributed by atoms with Gasteiger partial charge in [0.25, 0.3) is 8.53 Å². The summed E-state index contributed by atoms with van der Waals surface area (Å²) >= 11 is 0. The van der Waals surface area contributed by atoms with Crippen LogP contribution in [0.2, 0.25) is 0 Å². The Morgan fingerprint density at radius 1 is 1.21 bits per heavy atom. The molecule has 1 aromatic carbocycles. The minimum atomic E-state index is -1.49. The second-order valence-corrected chi connectivity index (χ2v) is 11.1. The molecule has 2 aromatic rings. The van der Waals surface area contributed by atoms with Crippen molar-refractivity contribution >= 4 is 26.2 Å². The van der Waals surface area contributed by atoms with Gasteiger partial charge < -0.3 is 34.0 Å². The Labute approximate surface area is 224 Å². The van der Waals surface area contributed by atoms with Crippen molar-refractivity contribution in [2.45, 2.75) is 84.1 Å². The summed E-state index contributed by atoms with van der Waals surface area (Å²) in [5.74, 6) is 1.41. The number of aromatic nitrogens is 2. The van der Waals surface area contributed by atoms with Gasteiger partial charge in [-0.25, -0.2) is 9.46 Å². The van der Waals surface area contributed by atoms with E-state index in [4.69, 9.17) is 28.7 Å². The standard InChI is InChI=1S/C26H38N5O6P/c1-7-19-22(37-38(34-14-10-13-27)31(16(2)3)17(4)5)23(33-6)25(36-19)30-15-21-24(29-26(30)32)28-18-11-8-9-12-20(18)35-21/h8-9,11-13,15-17,19,22-23,25,27H,7,10,14H2,1-6H3,(H,28,29,32)/t19-,22+,23?,25-,38?/m1/s1. The highest BCUT2D eigenvalue weighted by Crippen LogP contribution is 2.51. The molecule has 2 unspecified atom stereocenters. The summed E-state index contributed by atoms with van der Waals surface area (Å²) in [5.41, 5.74) is 0.254. The molecule has 208 valence electrons. The minimum Gasteiger partial charge on any atom is -0.450 e. The molecule has 0 saturated carbocycles. The quantitative estimate of drug-likeness (QED) is 0.179. The van der Waals surface area contributed by atoms with Crippen molar-refractivity contribution in [1.82, 2.24) is 14.2 Å². The number of methoxy groups -OCH3 is 1. The van der Waals surface area contributed by atoms with Gasteiger partial charge in [-0.1, -0.05) is 19.1 Å². The molecule has 0 aliphatic carbocycles. The van der Waals surface area contributed by atoms with E-state index in [1.54, 1.807) is 13.3 Å². The van der Waals surface area contributed by atoms with Crippen LogP contribution in [0.5, 0.6) is 11.5 Å². The second kappa shape index (κ2) is 12.6. The fraction of sp³-hybridized carbons (Fsp3) is 0.577. The van der Waals surface area contributed by atoms with Gasteiger partial charge in [-0.15, -0.1) is 0 Å². The summed E-state index contributed by atoms with van der Waals surface area (Å²) in [6.07, 6.45) is 1.87. The van der Waals surface area contributed by atoms with E-state index in [0.717, 1.165) is 5.69 Å². The van der Waals surface area contributed by atoms with Crippen LogP contribution in [0, 0.1) is 5.41 Å². The average Bonchev–Trinajstić information content (AvgIpc) is 3.23. The third-order valence-electron chi connectivity index (χ3n) is 6.43. The molecule has 38 heavy (non-hydrogen) atoms. The molecule has 0 amide bonds. The first-order chi connectivity index (χ1) is 18.3. The monoisotopic (exact) mass is 547 g/mol. The lowest BCUT2D eigenvalue weighted by atomic mass is 10.1. The van der Waals surface area contributed by atoms with Crippen molar-refractivity contribution in [1.29, 1.82) is 5.41 Å². The van der Waals surface area contributed by atoms with Gasteiger partial charge in [-0.2, -0.15) is 4.98 Å². The molecular formula is C26H38N5O6P. The molecule has 1 saturated heterocycles. The molecule has 4 rings (SSSR count). The van der Waals surface area contributed by atoms with E-state index in [1.165, 1.54) is 10.8 Å². The van der Waals surface area contributed by atoms with E-state index in [1.807, 2.05) is 31.2 Å². The molecule has 2 N–H and O–H groups in total. The summed E-state index contributed by atoms with van der Waals surface area (Å²) in [6, 6.07) is 7.80. The maximum Gasteiger partial charge on any atom is 0.351 e. The fourth-order valence-corrected chi connectivity index (χ4v) is 6.54. The van der Waals surface area contributed by atoms with Gasteiger partial charge in [-0.05, 0) is 52.5 Å². The van der Waals surface area contributed by atoms with Gasteiger partial charge in [0, 0.05) is 25.6 Å². The smallest absolute Gasteiger partial charge is 0.351 e. The van der Waals surface area contributed by atoms with Gasteiger partial charge in [-0.3, -0.25) is 4.57 Å². The summed E-state index contributed by atoms with van der Waals surface area (Å²) < 4.78 is 34.8. The largest absolute Gasteiger partial charge is 0.450 e. The molecule has 3 heterocycles. The van der Waals surface area contributed by atoms with Crippen molar-refractivity contribution in [3.05, 3.63) is 40.9 Å². The summed E-state index contributed by atoms with van der Waals surface area (Å²) in [6.45, 7) is 10.8. The number of ether oxygens (including phenoxy) is 3. The van der Waals surface area contributed by atoms with Crippen LogP contribution < -0.4 is 15.7 Å². The number of hydrogen-bond donors (Lipinski definition) is 2. The SMILES string of the molecule is CC[C@H]1O[C@@H](n2cc3c(nc2=O)Nc2ccccc2O3)C(OC)[C@H]1OP(OCCC=N)N(C(C)C)C(C)C. The van der Waals surface area contributed by atoms with Crippen LogP contribution in [0.25, 0.3) is 0 Å². The van der Waals surface area contributed by atoms with E-state index in [0.29, 0.717) is 36.8 Å². The molecule has 12 heteroatoms. The normalized spacial score (nSPS) is 23.2. The highest BCUT2D eigenvalue weighted by Gasteiger charge is 2.49. The Hall–Kier alpha value is -2.40. The number of benzene rings is 1. The molecule has 1 fully saturated rings. The third-order valence-corrected chi connectivity index (χ3v) is 8.56. The van der Waals surface area contributed by atoms with E-state index in [9.17, 15) is 4.79 Å². The van der Waals surface area contributed by atoms with Crippen LogP contribution in [0.15, 0.2) is 35.3 Å². The summed E-state index contributed by atoms with van der Waals surface area (Å²) in [7, 11) is 0.0941. The number of para-hydroxylation sites is 2. The molecule has 2 aliphatic heterocycles. The fourth-order valence-electron chi connectivity index (χ4n) is 4.76. The lowest BCUT2D eigenvalue weighted by Gasteiger charge is -2.38. The summed E-state index contributed by atoms with van der Waals surface area (Å²) in [5, 5.41) is 10.5. The molecule has 1 aromatic heterocycles. The molecule has 0 bridgehead atoms. The maximum absolute atomic E-state index is 13.2. The Morgan fingerprint density at radius 2 is 1.95 bits per heavy atom. The van der Waals surface area contributed by atoms with Crippen LogP contribution in [0.3, 0.4) is 0 Å². The Balaban J connectivity index is 1.63. The zero-order valence-electron chi connectivity index (χ0n) is 22.8. The van der Waals surface area contributed by atoms with Crippen LogP contribution in [-0.2, 0) is 18.5 Å². The second-order valence-electron chi connectivity index (χ2n) is 9.74. The number of anilines is 2.